The molecule has 0 saturated heterocycles. The van der Waals surface area contributed by atoms with Crippen molar-refractivity contribution < 1.29 is 23.9 Å². The first kappa shape index (κ1) is 27.2. The summed E-state index contributed by atoms with van der Waals surface area (Å²) >= 11 is 0. The van der Waals surface area contributed by atoms with Gasteiger partial charge in [0.2, 0.25) is 5.91 Å². The fraction of sp³-hybridized carbons (Fsp3) is 0.280. The highest BCUT2D eigenvalue weighted by molar-refractivity contribution is 5.90. The Morgan fingerprint density at radius 1 is 1.03 bits per heavy atom. The molecule has 1 atom stereocenters. The number of aliphatic carboxylic acids is 1. The molecule has 1 unspecified atom stereocenters. The number of Topliss-reactive ketones (excluding diaryl/α,β-unsaturated/α-hetero) is 1. The van der Waals surface area contributed by atoms with Crippen molar-refractivity contribution in [2.75, 3.05) is 6.67 Å². The number of nitrogens with zero attached hydrogens (tertiary/aromatic N) is 1. The molecule has 0 aliphatic heterocycles. The van der Waals surface area contributed by atoms with Gasteiger partial charge in [0.25, 0.3) is 11.5 Å². The minimum atomic E-state index is -1.14. The topological polar surface area (TPSA) is 105 Å². The van der Waals surface area contributed by atoms with Crippen molar-refractivity contribution in [1.29, 1.82) is 0 Å². The Morgan fingerprint density at radius 2 is 1.64 bits per heavy atom. The summed E-state index contributed by atoms with van der Waals surface area (Å²) in [5.41, 5.74) is 1.60. The number of pyridine rings is 1. The van der Waals surface area contributed by atoms with Gasteiger partial charge in [-0.25, -0.2) is 4.39 Å². The zero-order valence-corrected chi connectivity index (χ0v) is 19.2. The molecule has 0 bridgehead atoms. The van der Waals surface area contributed by atoms with Crippen molar-refractivity contribution in [1.82, 2.24) is 9.88 Å². The van der Waals surface area contributed by atoms with Gasteiger partial charge in [-0.15, -0.1) is 0 Å². The minimum absolute atomic E-state index is 0.242. The molecule has 8 heteroatoms. The van der Waals surface area contributed by atoms with Crippen LogP contribution >= 0.6 is 0 Å². The van der Waals surface area contributed by atoms with Crippen LogP contribution in [0.3, 0.4) is 0 Å². The van der Waals surface area contributed by atoms with Crippen LogP contribution in [-0.4, -0.2) is 40.0 Å². The number of alkyl halides is 1. The number of hydrogen-bond donors (Lipinski definition) is 2. The maximum Gasteiger partial charge on any atom is 0.300 e. The Morgan fingerprint density at radius 3 is 2.21 bits per heavy atom. The van der Waals surface area contributed by atoms with Crippen molar-refractivity contribution in [3.05, 3.63) is 71.1 Å². The van der Waals surface area contributed by atoms with Gasteiger partial charge in [-0.05, 0) is 35.6 Å². The lowest BCUT2D eigenvalue weighted by atomic mass is 10.0. The monoisotopic (exact) mass is 456 g/mol. The second kappa shape index (κ2) is 13.6. The van der Waals surface area contributed by atoms with E-state index in [9.17, 15) is 18.8 Å². The number of carboxylic acid groups (broad SMARTS) is 1. The van der Waals surface area contributed by atoms with Gasteiger partial charge in [-0.2, -0.15) is 0 Å². The molecule has 3 aromatic rings. The molecule has 0 aliphatic carbocycles. The molecule has 1 amide bonds. The molecule has 0 spiro atoms. The number of carbonyl (C=O) groups is 3. The van der Waals surface area contributed by atoms with Crippen molar-refractivity contribution in [3.63, 3.8) is 0 Å². The molecule has 176 valence electrons. The molecule has 3 rings (SSSR count). The predicted molar refractivity (Wildman–Crippen MR) is 127 cm³/mol. The van der Waals surface area contributed by atoms with E-state index in [1.807, 2.05) is 56.3 Å². The minimum Gasteiger partial charge on any atom is -0.481 e. The first-order chi connectivity index (χ1) is 15.7. The summed E-state index contributed by atoms with van der Waals surface area (Å²) in [6.07, 6.45) is 1.54. The smallest absolute Gasteiger partial charge is 0.300 e. The second-order valence-electron chi connectivity index (χ2n) is 6.83. The van der Waals surface area contributed by atoms with Crippen LogP contribution in [0.5, 0.6) is 0 Å². The van der Waals surface area contributed by atoms with Crippen LogP contribution in [0.2, 0.25) is 0 Å². The number of nitrogens with one attached hydrogen (secondary N) is 1. The van der Waals surface area contributed by atoms with E-state index in [1.54, 1.807) is 12.1 Å². The van der Waals surface area contributed by atoms with Gasteiger partial charge in [0.05, 0.1) is 6.04 Å². The standard InChI is InChI=1S/C21H19FN2O3.C2H4O2.C2H6/c1-14(19(25)12-22)23-20(26)13-24-10-9-16-7-8-17(11-18(16)21(24)27)15-5-3-2-4-6-15;1-2(3)4;1-2/h2-11,14H,12-13H2,1H3,(H,23,26);1H3,(H,3,4);1-2H3. The third-order valence-electron chi connectivity index (χ3n) is 4.39. The Kier molecular flexibility index (Phi) is 11.2. The first-order valence-corrected chi connectivity index (χ1v) is 10.5. The number of aromatic nitrogens is 1. The van der Waals surface area contributed by atoms with Crippen LogP contribution in [0, 0.1) is 0 Å². The molecule has 0 aliphatic rings. The lowest BCUT2D eigenvalue weighted by molar-refractivity contribution is -0.134. The lowest BCUT2D eigenvalue weighted by Gasteiger charge is -2.12. The van der Waals surface area contributed by atoms with Gasteiger partial charge in [0.15, 0.2) is 5.78 Å². The van der Waals surface area contributed by atoms with E-state index in [4.69, 9.17) is 9.90 Å². The highest BCUT2D eigenvalue weighted by atomic mass is 19.1. The number of halogens is 1. The Labute approximate surface area is 191 Å². The highest BCUT2D eigenvalue weighted by Gasteiger charge is 2.16. The largest absolute Gasteiger partial charge is 0.481 e. The molecule has 7 nitrogen and oxygen atoms in total. The molecule has 0 fully saturated rings. The summed E-state index contributed by atoms with van der Waals surface area (Å²) in [4.78, 5) is 45.1. The molecule has 2 N–H and O–H groups in total. The SMILES string of the molecule is CC.CC(=O)O.CC(NC(=O)Cn1ccc2ccc(-c3ccccc3)cc2c1=O)C(=O)CF. The van der Waals surface area contributed by atoms with Crippen molar-refractivity contribution in [3.8, 4) is 11.1 Å². The first-order valence-electron chi connectivity index (χ1n) is 10.5. The highest BCUT2D eigenvalue weighted by Crippen LogP contribution is 2.22. The number of hydrogen-bond acceptors (Lipinski definition) is 4. The van der Waals surface area contributed by atoms with Crippen LogP contribution in [0.15, 0.2) is 65.6 Å². The maximum atomic E-state index is 12.8. The number of ketones is 1. The van der Waals surface area contributed by atoms with Gasteiger partial charge < -0.3 is 15.0 Å². The maximum absolute atomic E-state index is 12.8. The molecular formula is C25H29FN2O5. The van der Waals surface area contributed by atoms with Gasteiger partial charge in [0, 0.05) is 18.5 Å². The number of rotatable bonds is 6. The van der Waals surface area contributed by atoms with Crippen LogP contribution in [0.1, 0.15) is 27.7 Å². The Balaban J connectivity index is 0.000000820. The van der Waals surface area contributed by atoms with Crippen molar-refractivity contribution >= 4 is 28.4 Å². The lowest BCUT2D eigenvalue weighted by Crippen LogP contribution is -2.42. The van der Waals surface area contributed by atoms with E-state index in [0.29, 0.717) is 5.39 Å². The van der Waals surface area contributed by atoms with Crippen LogP contribution in [-0.2, 0) is 20.9 Å². The molecule has 0 radical (unpaired) electrons. The Bertz CT molecular complexity index is 1140. The molecule has 33 heavy (non-hydrogen) atoms. The number of carbonyl (C=O) groups excluding carboxylic acids is 2. The second-order valence-corrected chi connectivity index (χ2v) is 6.83. The van der Waals surface area contributed by atoms with Crippen molar-refractivity contribution in [2.45, 2.75) is 40.3 Å². The third kappa shape index (κ3) is 8.33. The van der Waals surface area contributed by atoms with E-state index in [0.717, 1.165) is 23.4 Å². The summed E-state index contributed by atoms with van der Waals surface area (Å²) in [7, 11) is 0. The van der Waals surface area contributed by atoms with Crippen LogP contribution in [0.4, 0.5) is 4.39 Å². The zero-order chi connectivity index (χ0) is 25.0. The number of amides is 1. The van der Waals surface area contributed by atoms with Crippen LogP contribution < -0.4 is 10.9 Å². The number of fused-ring (bicyclic) bond motifs is 1. The molecular weight excluding hydrogens is 427 g/mol. The predicted octanol–water partition coefficient (Wildman–Crippen LogP) is 3.83. The normalized spacial score (nSPS) is 10.7. The van der Waals surface area contributed by atoms with Gasteiger partial charge in [0.1, 0.15) is 13.2 Å². The van der Waals surface area contributed by atoms with Crippen molar-refractivity contribution in [2.24, 2.45) is 0 Å². The molecule has 2 aromatic carbocycles. The summed E-state index contributed by atoms with van der Waals surface area (Å²) in [6.45, 7) is 5.11. The van der Waals surface area contributed by atoms with E-state index < -0.39 is 30.4 Å². The number of carboxylic acids is 1. The quantitative estimate of drug-likeness (QED) is 0.587. The summed E-state index contributed by atoms with van der Waals surface area (Å²) in [5.74, 6) is -2.06. The molecule has 1 heterocycles. The van der Waals surface area contributed by atoms with E-state index in [-0.39, 0.29) is 12.1 Å². The average molecular weight is 457 g/mol. The summed E-state index contributed by atoms with van der Waals surface area (Å²) < 4.78 is 13.7. The Hall–Kier alpha value is -3.81. The van der Waals surface area contributed by atoms with E-state index in [2.05, 4.69) is 5.32 Å². The fourth-order valence-electron chi connectivity index (χ4n) is 2.85. The molecule has 1 aromatic heterocycles. The summed E-state index contributed by atoms with van der Waals surface area (Å²) in [6, 6.07) is 16.1. The third-order valence-corrected chi connectivity index (χ3v) is 4.39. The fourth-order valence-corrected chi connectivity index (χ4v) is 2.85. The average Bonchev–Trinajstić information content (AvgIpc) is 2.81. The van der Waals surface area contributed by atoms with Gasteiger partial charge in [-0.3, -0.25) is 19.2 Å². The van der Waals surface area contributed by atoms with Gasteiger partial charge >= 0.3 is 0 Å². The summed E-state index contributed by atoms with van der Waals surface area (Å²) in [5, 5.41) is 11.1. The van der Waals surface area contributed by atoms with Gasteiger partial charge in [-0.1, -0.05) is 56.3 Å². The number of benzene rings is 2. The zero-order valence-electron chi connectivity index (χ0n) is 19.2. The van der Waals surface area contributed by atoms with Crippen LogP contribution in [0.25, 0.3) is 21.9 Å². The van der Waals surface area contributed by atoms with E-state index in [1.165, 1.54) is 17.7 Å². The van der Waals surface area contributed by atoms with E-state index >= 15 is 0 Å². The molecule has 0 saturated carbocycles.